The van der Waals surface area contributed by atoms with E-state index in [9.17, 15) is 5.26 Å². The molecule has 4 heteroatoms. The van der Waals surface area contributed by atoms with Crippen LogP contribution < -0.4 is 4.74 Å². The molecular weight excluding hydrogens is 557 g/mol. The topological polar surface area (TPSA) is 45.4 Å². The minimum absolute atomic E-state index is 0.192. The van der Waals surface area contributed by atoms with Crippen LogP contribution >= 0.6 is 11.3 Å². The maximum absolute atomic E-state index is 9.59. The Hall–Kier alpha value is -4.98. The molecule has 0 amide bonds. The SMILES string of the molecule is CC12CCC3C(=NC(c4ccc5c(c4)sc4ccccc45)=CC3c3ccccc3)c3cccc(c31)Oc1cc(C#N)ccc12. The van der Waals surface area contributed by atoms with E-state index < -0.39 is 0 Å². The normalized spacial score (nSPS) is 21.6. The fourth-order valence-electron chi connectivity index (χ4n) is 7.82. The lowest BCUT2D eigenvalue weighted by atomic mass is 9.70. The highest BCUT2D eigenvalue weighted by Gasteiger charge is 2.46. The van der Waals surface area contributed by atoms with Crippen molar-refractivity contribution in [3.05, 3.63) is 149 Å². The summed E-state index contributed by atoms with van der Waals surface area (Å²) in [5, 5.41) is 12.2. The standard InChI is InChI=1S/C40H28N2OS/c1-40-19-18-29-31(25-8-3-2-4-9-25)22-33(26-15-16-28-27-10-5-6-13-36(27)44-37(28)21-26)42-39(29)30-11-7-12-34(38(30)40)43-35-20-24(23-41)14-17-32(35)40/h2-17,20-22,29,31H,18-19H2,1H3. The Morgan fingerprint density at radius 3 is 2.57 bits per heavy atom. The summed E-state index contributed by atoms with van der Waals surface area (Å²) in [6, 6.07) is 41.0. The molecule has 1 aromatic heterocycles. The van der Waals surface area contributed by atoms with E-state index in [0.29, 0.717) is 5.56 Å². The highest BCUT2D eigenvalue weighted by Crippen LogP contribution is 2.56. The van der Waals surface area contributed by atoms with Crippen molar-refractivity contribution < 1.29 is 4.74 Å². The number of nitrogens with zero attached hydrogens (tertiary/aromatic N) is 2. The predicted molar refractivity (Wildman–Crippen MR) is 180 cm³/mol. The van der Waals surface area contributed by atoms with Gasteiger partial charge in [0.15, 0.2) is 0 Å². The number of hydrogen-bond acceptors (Lipinski definition) is 4. The highest BCUT2D eigenvalue weighted by molar-refractivity contribution is 7.25. The summed E-state index contributed by atoms with van der Waals surface area (Å²) < 4.78 is 9.15. The summed E-state index contributed by atoms with van der Waals surface area (Å²) in [5.74, 6) is 2.08. The van der Waals surface area contributed by atoms with Gasteiger partial charge >= 0.3 is 0 Å². The van der Waals surface area contributed by atoms with Crippen LogP contribution in [0.2, 0.25) is 0 Å². The summed E-state index contributed by atoms with van der Waals surface area (Å²) in [5.41, 5.74) is 8.54. The average molecular weight is 585 g/mol. The number of ether oxygens (including phenoxy) is 1. The average Bonchev–Trinajstić information content (AvgIpc) is 3.38. The zero-order chi connectivity index (χ0) is 29.4. The lowest BCUT2D eigenvalue weighted by molar-refractivity contribution is 0.378. The van der Waals surface area contributed by atoms with E-state index in [1.807, 2.05) is 23.5 Å². The number of aliphatic imine (C=N–C) groups is 1. The van der Waals surface area contributed by atoms with Crippen LogP contribution in [0.3, 0.4) is 0 Å². The Morgan fingerprint density at radius 2 is 1.68 bits per heavy atom. The Balaban J connectivity index is 1.25. The van der Waals surface area contributed by atoms with Crippen LogP contribution in [0.25, 0.3) is 25.9 Å². The van der Waals surface area contributed by atoms with Crippen LogP contribution in [-0.2, 0) is 5.41 Å². The van der Waals surface area contributed by atoms with Gasteiger partial charge in [0.2, 0.25) is 0 Å². The highest BCUT2D eigenvalue weighted by atomic mass is 32.1. The molecule has 0 radical (unpaired) electrons. The summed E-state index contributed by atoms with van der Waals surface area (Å²) in [4.78, 5) is 5.54. The monoisotopic (exact) mass is 584 g/mol. The number of fused-ring (bicyclic) bond motifs is 7. The van der Waals surface area contributed by atoms with Crippen LogP contribution in [0.15, 0.2) is 120 Å². The van der Waals surface area contributed by atoms with Crippen LogP contribution in [0.4, 0.5) is 0 Å². The van der Waals surface area contributed by atoms with Crippen LogP contribution in [0.5, 0.6) is 11.5 Å². The maximum Gasteiger partial charge on any atom is 0.132 e. The second-order valence-corrected chi connectivity index (χ2v) is 13.5. The molecule has 1 aliphatic carbocycles. The van der Waals surface area contributed by atoms with E-state index in [1.54, 1.807) is 0 Å². The molecule has 6 aromatic rings. The zero-order valence-electron chi connectivity index (χ0n) is 24.2. The second kappa shape index (κ2) is 9.51. The van der Waals surface area contributed by atoms with Crippen molar-refractivity contribution in [2.45, 2.75) is 31.1 Å². The summed E-state index contributed by atoms with van der Waals surface area (Å²) in [6.45, 7) is 2.35. The van der Waals surface area contributed by atoms with Gasteiger partial charge in [-0.3, -0.25) is 4.99 Å². The molecule has 0 spiro atoms. The van der Waals surface area contributed by atoms with E-state index in [4.69, 9.17) is 9.73 Å². The van der Waals surface area contributed by atoms with Gasteiger partial charge in [-0.2, -0.15) is 5.26 Å². The summed E-state index contributed by atoms with van der Waals surface area (Å²) in [6.07, 6.45) is 4.36. The molecule has 0 bridgehead atoms. The molecule has 3 atom stereocenters. The number of benzene rings is 5. The Morgan fingerprint density at radius 1 is 0.841 bits per heavy atom. The van der Waals surface area contributed by atoms with E-state index in [-0.39, 0.29) is 17.3 Å². The molecule has 5 aromatic carbocycles. The summed E-state index contributed by atoms with van der Waals surface area (Å²) >= 11 is 1.85. The first kappa shape index (κ1) is 25.5. The van der Waals surface area contributed by atoms with Gasteiger partial charge in [-0.15, -0.1) is 11.3 Å². The number of rotatable bonds is 2. The van der Waals surface area contributed by atoms with Crippen molar-refractivity contribution >= 4 is 42.9 Å². The quantitative estimate of drug-likeness (QED) is 0.203. The molecule has 3 heterocycles. The van der Waals surface area contributed by atoms with Gasteiger partial charge in [0.05, 0.1) is 23.0 Å². The van der Waals surface area contributed by atoms with E-state index in [0.717, 1.165) is 46.9 Å². The number of allylic oxidation sites excluding steroid dienone is 1. The minimum Gasteiger partial charge on any atom is -0.457 e. The van der Waals surface area contributed by atoms with E-state index in [1.165, 1.54) is 36.9 Å². The lowest BCUT2D eigenvalue weighted by Crippen LogP contribution is -2.29. The van der Waals surface area contributed by atoms with Crippen molar-refractivity contribution in [3.63, 3.8) is 0 Å². The molecule has 0 saturated heterocycles. The lowest BCUT2D eigenvalue weighted by Gasteiger charge is -2.37. The van der Waals surface area contributed by atoms with Gasteiger partial charge < -0.3 is 4.74 Å². The van der Waals surface area contributed by atoms with Crippen molar-refractivity contribution in [1.29, 1.82) is 5.26 Å². The Kier molecular flexibility index (Phi) is 5.51. The molecule has 9 rings (SSSR count). The molecule has 0 fully saturated rings. The smallest absolute Gasteiger partial charge is 0.132 e. The van der Waals surface area contributed by atoms with E-state index >= 15 is 0 Å². The van der Waals surface area contributed by atoms with Crippen molar-refractivity contribution in [2.24, 2.45) is 10.9 Å². The van der Waals surface area contributed by atoms with Gasteiger partial charge in [-0.25, -0.2) is 0 Å². The van der Waals surface area contributed by atoms with E-state index in [2.05, 4.69) is 116 Å². The largest absolute Gasteiger partial charge is 0.457 e. The molecule has 0 saturated carbocycles. The molecule has 3 unspecified atom stereocenters. The fourth-order valence-corrected chi connectivity index (χ4v) is 8.97. The number of nitriles is 1. The molecule has 210 valence electrons. The van der Waals surface area contributed by atoms with Gasteiger partial charge in [0.1, 0.15) is 11.5 Å². The predicted octanol–water partition coefficient (Wildman–Crippen LogP) is 10.4. The summed E-state index contributed by atoms with van der Waals surface area (Å²) in [7, 11) is 0. The third kappa shape index (κ3) is 3.69. The third-order valence-electron chi connectivity index (χ3n) is 9.96. The first-order chi connectivity index (χ1) is 21.6. The number of hydrogen-bond donors (Lipinski definition) is 0. The second-order valence-electron chi connectivity index (χ2n) is 12.4. The molecule has 3 aliphatic rings. The van der Waals surface area contributed by atoms with Gasteiger partial charge in [0.25, 0.3) is 0 Å². The third-order valence-corrected chi connectivity index (χ3v) is 11.1. The molecule has 44 heavy (non-hydrogen) atoms. The molecule has 3 nitrogen and oxygen atoms in total. The number of thiophene rings is 1. The van der Waals surface area contributed by atoms with Gasteiger partial charge in [-0.1, -0.05) is 85.8 Å². The van der Waals surface area contributed by atoms with Gasteiger partial charge in [0, 0.05) is 59.7 Å². The first-order valence-corrected chi connectivity index (χ1v) is 16.1. The molecule has 0 N–H and O–H groups in total. The molecular formula is C40H28N2OS. The fraction of sp³-hybridized carbons (Fsp3) is 0.150. The van der Waals surface area contributed by atoms with Crippen LogP contribution in [0.1, 0.15) is 59.1 Å². The molecule has 2 aliphatic heterocycles. The maximum atomic E-state index is 9.59. The minimum atomic E-state index is -0.259. The Labute approximate surface area is 260 Å². The van der Waals surface area contributed by atoms with Crippen LogP contribution in [-0.4, -0.2) is 5.71 Å². The van der Waals surface area contributed by atoms with Crippen molar-refractivity contribution in [2.75, 3.05) is 0 Å². The van der Waals surface area contributed by atoms with Crippen molar-refractivity contribution in [3.8, 4) is 17.6 Å². The Bertz CT molecular complexity index is 2250. The van der Waals surface area contributed by atoms with Crippen LogP contribution in [0, 0.1) is 17.2 Å². The first-order valence-electron chi connectivity index (χ1n) is 15.2. The van der Waals surface area contributed by atoms with Crippen molar-refractivity contribution in [1.82, 2.24) is 0 Å². The van der Waals surface area contributed by atoms with Gasteiger partial charge in [-0.05, 0) is 54.8 Å². The zero-order valence-corrected chi connectivity index (χ0v) is 25.1.